The summed E-state index contributed by atoms with van der Waals surface area (Å²) in [4.78, 5) is 10.9. The van der Waals surface area contributed by atoms with E-state index in [1.54, 1.807) is 0 Å². The van der Waals surface area contributed by atoms with Crippen LogP contribution in [0.5, 0.6) is 11.5 Å². The van der Waals surface area contributed by atoms with E-state index >= 15 is 0 Å². The summed E-state index contributed by atoms with van der Waals surface area (Å²) in [7, 11) is 2.90. The highest BCUT2D eigenvalue weighted by Crippen LogP contribution is 2.32. The topological polar surface area (TPSA) is 35.5 Å². The van der Waals surface area contributed by atoms with Crippen LogP contribution in [0.1, 0.15) is 18.9 Å². The Bertz CT molecular complexity index is 388. The highest BCUT2D eigenvalue weighted by atomic mass is 19.1. The van der Waals surface area contributed by atoms with Gasteiger partial charge in [-0.25, -0.2) is 4.39 Å². The molecule has 0 fully saturated rings. The first-order valence-corrected chi connectivity index (χ1v) is 4.99. The van der Waals surface area contributed by atoms with Crippen molar-refractivity contribution in [2.75, 3.05) is 14.2 Å². The Kier molecular flexibility index (Phi) is 4.28. The second-order valence-corrected chi connectivity index (χ2v) is 3.46. The van der Waals surface area contributed by atoms with E-state index in [0.717, 1.165) is 0 Å². The summed E-state index contributed by atoms with van der Waals surface area (Å²) in [6.45, 7) is 1.50. The van der Waals surface area contributed by atoms with Crippen LogP contribution in [0.15, 0.2) is 12.1 Å². The molecule has 0 saturated heterocycles. The average Bonchev–Trinajstić information content (AvgIpc) is 2.26. The van der Waals surface area contributed by atoms with Gasteiger partial charge < -0.3 is 14.3 Å². The summed E-state index contributed by atoms with van der Waals surface area (Å²) in [6, 6.07) is 2.82. The molecule has 1 aromatic rings. The van der Waals surface area contributed by atoms with E-state index in [1.165, 1.54) is 33.3 Å². The first-order chi connectivity index (χ1) is 7.60. The lowest BCUT2D eigenvalue weighted by Crippen LogP contribution is -2.02. The van der Waals surface area contributed by atoms with E-state index in [9.17, 15) is 9.18 Å². The van der Waals surface area contributed by atoms with Crippen molar-refractivity contribution in [3.8, 4) is 11.5 Å². The highest BCUT2D eigenvalue weighted by molar-refractivity contribution is 5.76. The van der Waals surface area contributed by atoms with Gasteiger partial charge in [0, 0.05) is 12.0 Å². The largest absolute Gasteiger partial charge is 0.496 e. The number of methoxy groups -OCH3 is 2. The molecule has 0 saturated carbocycles. The van der Waals surface area contributed by atoms with Gasteiger partial charge in [-0.3, -0.25) is 0 Å². The fraction of sp³-hybridized carbons (Fsp3) is 0.417. The van der Waals surface area contributed by atoms with Gasteiger partial charge in [0.1, 0.15) is 11.5 Å². The maximum atomic E-state index is 13.4. The van der Waals surface area contributed by atoms with Crippen LogP contribution in [0, 0.1) is 5.82 Å². The van der Waals surface area contributed by atoms with Crippen molar-refractivity contribution in [2.45, 2.75) is 19.8 Å². The molecule has 0 bridgehead atoms. The van der Waals surface area contributed by atoms with E-state index in [4.69, 9.17) is 9.47 Å². The lowest BCUT2D eigenvalue weighted by Gasteiger charge is -2.13. The molecule has 0 unspecified atom stereocenters. The monoisotopic (exact) mass is 226 g/mol. The summed E-state index contributed by atoms with van der Waals surface area (Å²) in [6.07, 6.45) is 0.760. The number of benzene rings is 1. The summed E-state index contributed by atoms with van der Waals surface area (Å²) in [5, 5.41) is 0. The Balaban J connectivity index is 3.09. The van der Waals surface area contributed by atoms with Crippen LogP contribution >= 0.6 is 0 Å². The number of hydrogen-bond acceptors (Lipinski definition) is 3. The Morgan fingerprint density at radius 3 is 2.50 bits per heavy atom. The molecule has 0 heterocycles. The van der Waals surface area contributed by atoms with E-state index < -0.39 is 5.82 Å². The summed E-state index contributed by atoms with van der Waals surface area (Å²) in [5.41, 5.74) is 0.597. The Morgan fingerprint density at radius 2 is 2.00 bits per heavy atom. The summed E-state index contributed by atoms with van der Waals surface area (Å²) in [5.74, 6) is 0.301. The van der Waals surface area contributed by atoms with Crippen molar-refractivity contribution in [1.29, 1.82) is 0 Å². The quantitative estimate of drug-likeness (QED) is 0.773. The van der Waals surface area contributed by atoms with Crippen LogP contribution in [0.2, 0.25) is 0 Å². The Hall–Kier alpha value is -1.58. The molecule has 0 aliphatic carbocycles. The molecule has 0 N–H and O–H groups in total. The SMILES string of the molecule is COc1ccc(F)c(OC)c1CCC(C)=O. The fourth-order valence-corrected chi connectivity index (χ4v) is 1.53. The third-order valence-electron chi connectivity index (χ3n) is 2.32. The van der Waals surface area contributed by atoms with Gasteiger partial charge in [0.25, 0.3) is 0 Å². The van der Waals surface area contributed by atoms with Gasteiger partial charge in [0.15, 0.2) is 11.6 Å². The Labute approximate surface area is 94.2 Å². The molecule has 88 valence electrons. The zero-order chi connectivity index (χ0) is 12.1. The van der Waals surface area contributed by atoms with Crippen LogP contribution in [-0.4, -0.2) is 20.0 Å². The van der Waals surface area contributed by atoms with Crippen LogP contribution in [0.25, 0.3) is 0 Å². The van der Waals surface area contributed by atoms with Crippen molar-refractivity contribution < 1.29 is 18.7 Å². The van der Waals surface area contributed by atoms with E-state index in [-0.39, 0.29) is 11.5 Å². The number of ketones is 1. The van der Waals surface area contributed by atoms with E-state index in [2.05, 4.69) is 0 Å². The van der Waals surface area contributed by atoms with E-state index in [0.29, 0.717) is 24.2 Å². The molecule has 3 nitrogen and oxygen atoms in total. The number of ether oxygens (including phenoxy) is 2. The lowest BCUT2D eigenvalue weighted by molar-refractivity contribution is -0.116. The average molecular weight is 226 g/mol. The number of carbonyl (C=O) groups is 1. The summed E-state index contributed by atoms with van der Waals surface area (Å²) >= 11 is 0. The van der Waals surface area contributed by atoms with Crippen molar-refractivity contribution in [3.63, 3.8) is 0 Å². The first kappa shape index (κ1) is 12.5. The van der Waals surface area contributed by atoms with Gasteiger partial charge in [0.2, 0.25) is 0 Å². The van der Waals surface area contributed by atoms with Gasteiger partial charge >= 0.3 is 0 Å². The molecular formula is C12H15FO3. The predicted octanol–water partition coefficient (Wildman–Crippen LogP) is 2.36. The third kappa shape index (κ3) is 2.72. The maximum absolute atomic E-state index is 13.4. The molecule has 0 aromatic heterocycles. The number of Topliss-reactive ketones (excluding diaryl/α,β-unsaturated/α-hetero) is 1. The third-order valence-corrected chi connectivity index (χ3v) is 2.32. The Morgan fingerprint density at radius 1 is 1.31 bits per heavy atom. The molecule has 4 heteroatoms. The van der Waals surface area contributed by atoms with Crippen LogP contribution in [0.3, 0.4) is 0 Å². The second-order valence-electron chi connectivity index (χ2n) is 3.46. The number of rotatable bonds is 5. The molecule has 1 rings (SSSR count). The van der Waals surface area contributed by atoms with Gasteiger partial charge in [-0.05, 0) is 25.5 Å². The molecule has 0 aliphatic rings. The van der Waals surface area contributed by atoms with Crippen molar-refractivity contribution in [1.82, 2.24) is 0 Å². The smallest absolute Gasteiger partial charge is 0.165 e. The maximum Gasteiger partial charge on any atom is 0.165 e. The molecule has 0 radical (unpaired) electrons. The highest BCUT2D eigenvalue weighted by Gasteiger charge is 2.15. The molecule has 16 heavy (non-hydrogen) atoms. The minimum atomic E-state index is -0.443. The normalized spacial score (nSPS) is 10.0. The molecule has 1 aromatic carbocycles. The van der Waals surface area contributed by atoms with Gasteiger partial charge in [-0.15, -0.1) is 0 Å². The molecule has 0 amide bonds. The minimum Gasteiger partial charge on any atom is -0.496 e. The van der Waals surface area contributed by atoms with Crippen LogP contribution < -0.4 is 9.47 Å². The van der Waals surface area contributed by atoms with Gasteiger partial charge in [-0.2, -0.15) is 0 Å². The molecule has 0 atom stereocenters. The van der Waals surface area contributed by atoms with E-state index in [1.807, 2.05) is 0 Å². The number of halogens is 1. The lowest BCUT2D eigenvalue weighted by atomic mass is 10.1. The standard InChI is InChI=1S/C12H15FO3/c1-8(14)4-5-9-11(15-2)7-6-10(13)12(9)16-3/h6-7H,4-5H2,1-3H3. The van der Waals surface area contributed by atoms with Gasteiger partial charge in [0.05, 0.1) is 14.2 Å². The molecule has 0 aliphatic heterocycles. The fourth-order valence-electron chi connectivity index (χ4n) is 1.53. The zero-order valence-corrected chi connectivity index (χ0v) is 9.67. The van der Waals surface area contributed by atoms with Crippen molar-refractivity contribution >= 4 is 5.78 Å². The van der Waals surface area contributed by atoms with Crippen LogP contribution in [0.4, 0.5) is 4.39 Å². The number of carbonyl (C=O) groups excluding carboxylic acids is 1. The predicted molar refractivity (Wildman–Crippen MR) is 58.5 cm³/mol. The summed E-state index contributed by atoms with van der Waals surface area (Å²) < 4.78 is 23.5. The zero-order valence-electron chi connectivity index (χ0n) is 9.67. The van der Waals surface area contributed by atoms with Crippen LogP contribution in [-0.2, 0) is 11.2 Å². The first-order valence-electron chi connectivity index (χ1n) is 4.99. The second kappa shape index (κ2) is 5.49. The van der Waals surface area contributed by atoms with Crippen molar-refractivity contribution in [2.24, 2.45) is 0 Å². The minimum absolute atomic E-state index is 0.0494. The van der Waals surface area contributed by atoms with Crippen molar-refractivity contribution in [3.05, 3.63) is 23.5 Å². The number of hydrogen-bond donors (Lipinski definition) is 0. The molecule has 0 spiro atoms. The van der Waals surface area contributed by atoms with Gasteiger partial charge in [-0.1, -0.05) is 0 Å². The molecular weight excluding hydrogens is 211 g/mol.